The van der Waals surface area contributed by atoms with Gasteiger partial charge in [0.1, 0.15) is 5.75 Å². The minimum absolute atomic E-state index is 0.0121. The quantitative estimate of drug-likeness (QED) is 0.671. The number of rotatable bonds is 3. The maximum Gasteiger partial charge on any atom is 0.231 e. The van der Waals surface area contributed by atoms with E-state index in [0.717, 1.165) is 34.3 Å². The van der Waals surface area contributed by atoms with E-state index in [4.69, 9.17) is 4.74 Å². The number of hydrogen-bond acceptors (Lipinski definition) is 2. The van der Waals surface area contributed by atoms with E-state index >= 15 is 0 Å². The highest BCUT2D eigenvalue weighted by atomic mass is 79.9. The Morgan fingerprint density at radius 2 is 1.88 bits per heavy atom. The van der Waals surface area contributed by atoms with E-state index in [1.807, 2.05) is 47.4 Å². The number of fused-ring (bicyclic) bond motifs is 1. The Morgan fingerprint density at radius 3 is 2.60 bits per heavy atom. The fourth-order valence-electron chi connectivity index (χ4n) is 4.05. The summed E-state index contributed by atoms with van der Waals surface area (Å²) in [6, 6.07) is 16.0. The number of amides is 1. The van der Waals surface area contributed by atoms with Crippen molar-refractivity contribution in [3.63, 3.8) is 0 Å². The lowest BCUT2D eigenvalue weighted by atomic mass is 9.81. The third-order valence-electron chi connectivity index (χ3n) is 5.24. The van der Waals surface area contributed by atoms with Crippen molar-refractivity contribution in [1.82, 2.24) is 0 Å². The third-order valence-corrected chi connectivity index (χ3v) is 5.96. The van der Waals surface area contributed by atoms with Crippen LogP contribution in [-0.4, -0.2) is 13.0 Å². The highest BCUT2D eigenvalue weighted by Gasteiger charge is 2.48. The fourth-order valence-corrected chi connectivity index (χ4v) is 4.57. The van der Waals surface area contributed by atoms with Crippen LogP contribution in [0.4, 0.5) is 5.69 Å². The van der Waals surface area contributed by atoms with E-state index in [-0.39, 0.29) is 23.8 Å². The van der Waals surface area contributed by atoms with Gasteiger partial charge >= 0.3 is 0 Å². The summed E-state index contributed by atoms with van der Waals surface area (Å²) < 4.78 is 6.31. The number of ether oxygens (including phenoxy) is 1. The van der Waals surface area contributed by atoms with Crippen molar-refractivity contribution in [2.75, 3.05) is 12.0 Å². The molecule has 1 saturated heterocycles. The number of carbonyl (C=O) groups excluding carboxylic acids is 1. The lowest BCUT2D eigenvalue weighted by Gasteiger charge is -2.29. The lowest BCUT2D eigenvalue weighted by Crippen LogP contribution is -2.29. The molecule has 2 aliphatic rings. The number of halogens is 1. The van der Waals surface area contributed by atoms with Crippen molar-refractivity contribution in [2.24, 2.45) is 11.8 Å². The standard InChI is InChI=1S/C21H20BrNO2/c1-25-15-12-10-14(11-13-15)23-20(18-8-4-5-9-19(18)22)16-6-2-3-7-17(16)21(23)24/h2,4-6,8-13,16-17,20H,3,7H2,1H3/t16-,17-,20+/m0/s1. The highest BCUT2D eigenvalue weighted by molar-refractivity contribution is 9.10. The van der Waals surface area contributed by atoms with Crippen LogP contribution in [-0.2, 0) is 4.79 Å². The molecule has 1 aliphatic heterocycles. The predicted octanol–water partition coefficient (Wildman–Crippen LogP) is 5.13. The Labute approximate surface area is 156 Å². The second-order valence-electron chi connectivity index (χ2n) is 6.56. The molecule has 0 saturated carbocycles. The Bertz CT molecular complexity index is 815. The van der Waals surface area contributed by atoms with Crippen molar-refractivity contribution in [2.45, 2.75) is 18.9 Å². The lowest BCUT2D eigenvalue weighted by molar-refractivity contribution is -0.121. The molecule has 0 aromatic heterocycles. The molecule has 128 valence electrons. The van der Waals surface area contributed by atoms with Gasteiger partial charge in [-0.25, -0.2) is 0 Å². The Hall–Kier alpha value is -2.07. The van der Waals surface area contributed by atoms with Gasteiger partial charge in [0.2, 0.25) is 5.91 Å². The normalized spacial score (nSPS) is 25.1. The first-order valence-electron chi connectivity index (χ1n) is 8.59. The minimum Gasteiger partial charge on any atom is -0.497 e. The molecule has 3 nitrogen and oxygen atoms in total. The maximum absolute atomic E-state index is 13.2. The number of nitrogens with zero attached hydrogens (tertiary/aromatic N) is 1. The fraction of sp³-hybridized carbons (Fsp3) is 0.286. The van der Waals surface area contributed by atoms with E-state index in [1.54, 1.807) is 7.11 Å². The predicted molar refractivity (Wildman–Crippen MR) is 103 cm³/mol. The number of carbonyl (C=O) groups is 1. The average Bonchev–Trinajstić information content (AvgIpc) is 2.95. The molecule has 0 radical (unpaired) electrons. The van der Waals surface area contributed by atoms with Crippen LogP contribution in [0.2, 0.25) is 0 Å². The molecule has 0 unspecified atom stereocenters. The van der Waals surface area contributed by atoms with Crippen molar-refractivity contribution in [3.05, 3.63) is 70.7 Å². The van der Waals surface area contributed by atoms with Crippen LogP contribution in [0.1, 0.15) is 24.4 Å². The van der Waals surface area contributed by atoms with Gasteiger partial charge in [-0.15, -0.1) is 0 Å². The first kappa shape index (κ1) is 16.4. The molecule has 0 N–H and O–H groups in total. The van der Waals surface area contributed by atoms with Gasteiger partial charge in [0.25, 0.3) is 0 Å². The second kappa shape index (κ2) is 6.68. The Kier molecular flexibility index (Phi) is 4.38. The van der Waals surface area contributed by atoms with Crippen LogP contribution in [0.3, 0.4) is 0 Å². The van der Waals surface area contributed by atoms with Crippen molar-refractivity contribution in [1.29, 1.82) is 0 Å². The van der Waals surface area contributed by atoms with Gasteiger partial charge in [0, 0.05) is 22.0 Å². The number of benzene rings is 2. The molecule has 1 aliphatic carbocycles. The van der Waals surface area contributed by atoms with Crippen molar-refractivity contribution >= 4 is 27.5 Å². The summed E-state index contributed by atoms with van der Waals surface area (Å²) in [5, 5.41) is 0. The molecule has 25 heavy (non-hydrogen) atoms. The van der Waals surface area contributed by atoms with Crippen LogP contribution in [0.25, 0.3) is 0 Å². The van der Waals surface area contributed by atoms with Gasteiger partial charge in [-0.05, 0) is 48.7 Å². The Balaban J connectivity index is 1.83. The first-order valence-corrected chi connectivity index (χ1v) is 9.38. The maximum atomic E-state index is 13.2. The molecule has 0 bridgehead atoms. The Morgan fingerprint density at radius 1 is 1.12 bits per heavy atom. The van der Waals surface area contributed by atoms with Crippen LogP contribution in [0.15, 0.2) is 65.2 Å². The topological polar surface area (TPSA) is 29.5 Å². The molecule has 1 fully saturated rings. The summed E-state index contributed by atoms with van der Waals surface area (Å²) in [7, 11) is 1.65. The molecular weight excluding hydrogens is 378 g/mol. The van der Waals surface area contributed by atoms with Crippen LogP contribution in [0.5, 0.6) is 5.75 Å². The van der Waals surface area contributed by atoms with E-state index in [2.05, 4.69) is 34.1 Å². The van der Waals surface area contributed by atoms with Crippen LogP contribution >= 0.6 is 15.9 Å². The van der Waals surface area contributed by atoms with Crippen LogP contribution < -0.4 is 9.64 Å². The second-order valence-corrected chi connectivity index (χ2v) is 7.42. The molecule has 3 atom stereocenters. The van der Waals surface area contributed by atoms with Crippen LogP contribution in [0, 0.1) is 11.8 Å². The number of methoxy groups -OCH3 is 1. The summed E-state index contributed by atoms with van der Waals surface area (Å²) >= 11 is 3.68. The summed E-state index contributed by atoms with van der Waals surface area (Å²) in [6.45, 7) is 0. The molecular formula is C21H20BrNO2. The van der Waals surface area contributed by atoms with Gasteiger partial charge in [0.15, 0.2) is 0 Å². The summed E-state index contributed by atoms with van der Waals surface area (Å²) in [4.78, 5) is 15.2. The summed E-state index contributed by atoms with van der Waals surface area (Å²) in [5.41, 5.74) is 2.08. The summed E-state index contributed by atoms with van der Waals surface area (Å²) in [5.74, 6) is 1.29. The number of hydrogen-bond donors (Lipinski definition) is 0. The highest BCUT2D eigenvalue weighted by Crippen LogP contribution is 2.49. The largest absolute Gasteiger partial charge is 0.497 e. The summed E-state index contributed by atoms with van der Waals surface area (Å²) in [6.07, 6.45) is 6.36. The van der Waals surface area contributed by atoms with E-state index < -0.39 is 0 Å². The molecule has 1 heterocycles. The van der Waals surface area contributed by atoms with Gasteiger partial charge in [-0.3, -0.25) is 4.79 Å². The monoisotopic (exact) mass is 397 g/mol. The van der Waals surface area contributed by atoms with E-state index in [0.29, 0.717) is 0 Å². The molecule has 1 amide bonds. The van der Waals surface area contributed by atoms with Crippen molar-refractivity contribution < 1.29 is 9.53 Å². The van der Waals surface area contributed by atoms with Gasteiger partial charge < -0.3 is 9.64 Å². The number of allylic oxidation sites excluding steroid dienone is 1. The first-order chi connectivity index (χ1) is 12.2. The minimum atomic E-state index is 0.0121. The molecule has 2 aromatic carbocycles. The zero-order valence-electron chi connectivity index (χ0n) is 14.1. The molecule has 4 rings (SSSR count). The van der Waals surface area contributed by atoms with Gasteiger partial charge in [-0.1, -0.05) is 46.3 Å². The molecule has 0 spiro atoms. The van der Waals surface area contributed by atoms with Gasteiger partial charge in [0.05, 0.1) is 13.2 Å². The molecule has 4 heteroatoms. The smallest absolute Gasteiger partial charge is 0.231 e. The zero-order valence-corrected chi connectivity index (χ0v) is 15.6. The molecule has 2 aromatic rings. The number of anilines is 1. The SMILES string of the molecule is COc1ccc(N2C(=O)[C@H]3CCC=C[C@@H]3[C@@H]2c2ccccc2Br)cc1. The van der Waals surface area contributed by atoms with Gasteiger partial charge in [-0.2, -0.15) is 0 Å². The third kappa shape index (κ3) is 2.78. The average molecular weight is 398 g/mol. The van der Waals surface area contributed by atoms with E-state index in [1.165, 1.54) is 0 Å². The van der Waals surface area contributed by atoms with Crippen molar-refractivity contribution in [3.8, 4) is 5.75 Å². The zero-order chi connectivity index (χ0) is 17.4. The van der Waals surface area contributed by atoms with E-state index in [9.17, 15) is 4.79 Å².